The number of carbonyl (C=O) groups is 1. The molecule has 3 heterocycles. The smallest absolute Gasteiger partial charge is 0.270 e. The van der Waals surface area contributed by atoms with Crippen LogP contribution >= 0.6 is 0 Å². The summed E-state index contributed by atoms with van der Waals surface area (Å²) in [5.74, 6) is 0.0728. The zero-order valence-corrected chi connectivity index (χ0v) is 15.8. The van der Waals surface area contributed by atoms with Gasteiger partial charge in [0.25, 0.3) is 5.91 Å². The molecule has 0 radical (unpaired) electrons. The van der Waals surface area contributed by atoms with E-state index < -0.39 is 0 Å². The van der Waals surface area contributed by atoms with E-state index in [1.807, 2.05) is 42.3 Å². The number of H-pyrrole nitrogens is 2. The molecule has 4 aromatic rings. The van der Waals surface area contributed by atoms with Gasteiger partial charge in [0.05, 0.1) is 12.2 Å². The van der Waals surface area contributed by atoms with Crippen molar-refractivity contribution in [2.75, 3.05) is 6.54 Å². The van der Waals surface area contributed by atoms with Gasteiger partial charge in [0, 0.05) is 28.7 Å². The van der Waals surface area contributed by atoms with E-state index in [-0.39, 0.29) is 11.9 Å². The molecule has 0 saturated carbocycles. The fraction of sp³-hybridized carbons (Fsp3) is 0.217. The molecule has 1 fully saturated rings. The summed E-state index contributed by atoms with van der Waals surface area (Å²) < 4.78 is 0. The molecule has 140 valence electrons. The minimum absolute atomic E-state index is 0.0728. The van der Waals surface area contributed by atoms with E-state index in [2.05, 4.69) is 45.5 Å². The number of fused-ring (bicyclic) bond motifs is 1. The molecule has 1 aliphatic heterocycles. The molecule has 2 N–H and O–H groups in total. The molecule has 0 aliphatic carbocycles. The van der Waals surface area contributed by atoms with Crippen LogP contribution in [0.2, 0.25) is 0 Å². The Morgan fingerprint density at radius 3 is 2.79 bits per heavy atom. The van der Waals surface area contributed by atoms with Crippen molar-refractivity contribution in [3.63, 3.8) is 0 Å². The third kappa shape index (κ3) is 2.80. The number of nitrogens with zero attached hydrogens (tertiary/aromatic N) is 2. The Kier molecular flexibility index (Phi) is 4.01. The van der Waals surface area contributed by atoms with Crippen molar-refractivity contribution in [1.29, 1.82) is 0 Å². The van der Waals surface area contributed by atoms with Crippen molar-refractivity contribution in [2.45, 2.75) is 25.8 Å². The van der Waals surface area contributed by atoms with Crippen LogP contribution in [0, 0.1) is 6.92 Å². The minimum Gasteiger partial charge on any atom is -0.351 e. The number of rotatable bonds is 3. The lowest BCUT2D eigenvalue weighted by atomic mass is 10.0. The van der Waals surface area contributed by atoms with Crippen molar-refractivity contribution in [3.8, 4) is 11.1 Å². The SMILES string of the molecule is Cc1[nH]ncc1-c1ccc2cc(C(=O)N3CCC[C@@H]3c3ccccc3)[nH]c2c1. The van der Waals surface area contributed by atoms with Gasteiger partial charge in [-0.3, -0.25) is 9.89 Å². The Hall–Kier alpha value is -3.34. The summed E-state index contributed by atoms with van der Waals surface area (Å²) in [5, 5.41) is 8.13. The Labute approximate surface area is 163 Å². The first kappa shape index (κ1) is 16.8. The fourth-order valence-corrected chi connectivity index (χ4v) is 4.24. The van der Waals surface area contributed by atoms with E-state index in [1.165, 1.54) is 5.56 Å². The maximum Gasteiger partial charge on any atom is 0.270 e. The average molecular weight is 370 g/mol. The number of benzene rings is 2. The van der Waals surface area contributed by atoms with Crippen LogP contribution in [0.4, 0.5) is 0 Å². The molecule has 1 saturated heterocycles. The van der Waals surface area contributed by atoms with Gasteiger partial charge in [-0.1, -0.05) is 42.5 Å². The van der Waals surface area contributed by atoms with Crippen LogP contribution in [0.3, 0.4) is 0 Å². The number of hydrogen-bond acceptors (Lipinski definition) is 2. The van der Waals surface area contributed by atoms with Crippen LogP contribution in [0.15, 0.2) is 60.8 Å². The maximum absolute atomic E-state index is 13.2. The van der Waals surface area contributed by atoms with Crippen LogP contribution < -0.4 is 0 Å². The molecular formula is C23H22N4O. The Morgan fingerprint density at radius 2 is 2.00 bits per heavy atom. The Balaban J connectivity index is 1.47. The molecular weight excluding hydrogens is 348 g/mol. The molecule has 0 unspecified atom stereocenters. The van der Waals surface area contributed by atoms with E-state index in [1.54, 1.807) is 0 Å². The second kappa shape index (κ2) is 6.68. The number of carbonyl (C=O) groups excluding carboxylic acids is 1. The minimum atomic E-state index is 0.0728. The highest BCUT2D eigenvalue weighted by molar-refractivity contribution is 5.99. The lowest BCUT2D eigenvalue weighted by molar-refractivity contribution is 0.0730. The topological polar surface area (TPSA) is 64.8 Å². The predicted molar refractivity (Wildman–Crippen MR) is 110 cm³/mol. The molecule has 1 atom stereocenters. The molecule has 1 amide bonds. The van der Waals surface area contributed by atoms with E-state index in [0.29, 0.717) is 5.69 Å². The van der Waals surface area contributed by atoms with Crippen LogP contribution in [0.25, 0.3) is 22.0 Å². The van der Waals surface area contributed by atoms with E-state index >= 15 is 0 Å². The second-order valence-corrected chi connectivity index (χ2v) is 7.46. The summed E-state index contributed by atoms with van der Waals surface area (Å²) in [4.78, 5) is 18.6. The quantitative estimate of drug-likeness (QED) is 0.542. The molecule has 5 heteroatoms. The van der Waals surface area contributed by atoms with E-state index in [0.717, 1.165) is 47.1 Å². The molecule has 5 rings (SSSR count). The van der Waals surface area contributed by atoms with E-state index in [4.69, 9.17) is 0 Å². The van der Waals surface area contributed by atoms with Crippen LogP contribution in [0.5, 0.6) is 0 Å². The van der Waals surface area contributed by atoms with Crippen molar-refractivity contribution in [2.24, 2.45) is 0 Å². The third-order valence-electron chi connectivity index (χ3n) is 5.69. The zero-order chi connectivity index (χ0) is 19.1. The number of amides is 1. The monoisotopic (exact) mass is 370 g/mol. The molecule has 0 bridgehead atoms. The van der Waals surface area contributed by atoms with Gasteiger partial charge < -0.3 is 9.88 Å². The molecule has 2 aromatic heterocycles. The number of aromatic nitrogens is 3. The molecule has 2 aromatic carbocycles. The summed E-state index contributed by atoms with van der Waals surface area (Å²) in [5.41, 5.74) is 6.03. The highest BCUT2D eigenvalue weighted by Crippen LogP contribution is 2.33. The summed E-state index contributed by atoms with van der Waals surface area (Å²) >= 11 is 0. The summed E-state index contributed by atoms with van der Waals surface area (Å²) in [6, 6.07) is 18.7. The first-order valence-electron chi connectivity index (χ1n) is 9.70. The summed E-state index contributed by atoms with van der Waals surface area (Å²) in [6.07, 6.45) is 3.88. The predicted octanol–water partition coefficient (Wildman–Crippen LogP) is 4.84. The first-order chi connectivity index (χ1) is 13.7. The number of aryl methyl sites for hydroxylation is 1. The van der Waals surface area contributed by atoms with Gasteiger partial charge in [-0.05, 0) is 43.0 Å². The van der Waals surface area contributed by atoms with Crippen molar-refractivity contribution in [1.82, 2.24) is 20.1 Å². The molecule has 0 spiro atoms. The molecule has 28 heavy (non-hydrogen) atoms. The normalized spacial score (nSPS) is 16.8. The maximum atomic E-state index is 13.2. The first-order valence-corrected chi connectivity index (χ1v) is 9.70. The van der Waals surface area contributed by atoms with Gasteiger partial charge in [0.1, 0.15) is 5.69 Å². The Morgan fingerprint density at radius 1 is 1.14 bits per heavy atom. The largest absolute Gasteiger partial charge is 0.351 e. The molecule has 5 nitrogen and oxygen atoms in total. The Bertz CT molecular complexity index is 1140. The van der Waals surface area contributed by atoms with Gasteiger partial charge in [0.15, 0.2) is 0 Å². The number of hydrogen-bond donors (Lipinski definition) is 2. The van der Waals surface area contributed by atoms with Crippen molar-refractivity contribution < 1.29 is 4.79 Å². The number of likely N-dealkylation sites (tertiary alicyclic amines) is 1. The van der Waals surface area contributed by atoms with Crippen molar-refractivity contribution in [3.05, 3.63) is 77.7 Å². The summed E-state index contributed by atoms with van der Waals surface area (Å²) in [6.45, 7) is 2.81. The fourth-order valence-electron chi connectivity index (χ4n) is 4.24. The number of nitrogens with one attached hydrogen (secondary N) is 2. The van der Waals surface area contributed by atoms with E-state index in [9.17, 15) is 4.79 Å². The van der Waals surface area contributed by atoms with Gasteiger partial charge in [-0.15, -0.1) is 0 Å². The standard InChI is InChI=1S/C23H22N4O/c1-15-19(14-24-26-15)17-9-10-18-13-21(25-20(18)12-17)23(28)27-11-5-8-22(27)16-6-3-2-4-7-16/h2-4,6-7,9-10,12-14,22,25H,5,8,11H2,1H3,(H,24,26)/t22-/m1/s1. The van der Waals surface area contributed by atoms with Crippen LogP contribution in [-0.4, -0.2) is 32.5 Å². The lowest BCUT2D eigenvalue weighted by Crippen LogP contribution is -2.30. The highest BCUT2D eigenvalue weighted by Gasteiger charge is 2.31. The third-order valence-corrected chi connectivity index (χ3v) is 5.69. The summed E-state index contributed by atoms with van der Waals surface area (Å²) in [7, 11) is 0. The van der Waals surface area contributed by atoms with Crippen molar-refractivity contribution >= 4 is 16.8 Å². The van der Waals surface area contributed by atoms with Gasteiger partial charge in [-0.2, -0.15) is 5.10 Å². The van der Waals surface area contributed by atoms with Crippen LogP contribution in [0.1, 0.15) is 40.6 Å². The van der Waals surface area contributed by atoms with Gasteiger partial charge >= 0.3 is 0 Å². The molecule has 1 aliphatic rings. The van der Waals surface area contributed by atoms with Gasteiger partial charge in [0.2, 0.25) is 0 Å². The second-order valence-electron chi connectivity index (χ2n) is 7.46. The lowest BCUT2D eigenvalue weighted by Gasteiger charge is -2.24. The van der Waals surface area contributed by atoms with Gasteiger partial charge in [-0.25, -0.2) is 0 Å². The number of aromatic amines is 2. The average Bonchev–Trinajstić information content (AvgIpc) is 3.46. The van der Waals surface area contributed by atoms with Crippen LogP contribution in [-0.2, 0) is 0 Å². The zero-order valence-electron chi connectivity index (χ0n) is 15.8. The highest BCUT2D eigenvalue weighted by atomic mass is 16.2.